The molecule has 13 rings (SSSR count). The van der Waals surface area contributed by atoms with Gasteiger partial charge in [-0.1, -0.05) is 64.1 Å². The summed E-state index contributed by atoms with van der Waals surface area (Å²) in [6.07, 6.45) is 5.73. The predicted molar refractivity (Wildman–Crippen MR) is 250 cm³/mol. The van der Waals surface area contributed by atoms with Crippen molar-refractivity contribution in [3.8, 4) is 0 Å². The molecule has 3 aromatic rings. The Kier molecular flexibility index (Phi) is 13.0. The van der Waals surface area contributed by atoms with Crippen LogP contribution in [0.15, 0.2) is 60.7 Å². The predicted octanol–water partition coefficient (Wildman–Crippen LogP) is 8.52. The van der Waals surface area contributed by atoms with Crippen molar-refractivity contribution >= 4 is 29.2 Å². The van der Waals surface area contributed by atoms with Crippen LogP contribution >= 0.6 is 0 Å². The maximum absolute atomic E-state index is 6.79. The summed E-state index contributed by atoms with van der Waals surface area (Å²) in [4.78, 5) is 41.5. The van der Waals surface area contributed by atoms with Crippen LogP contribution in [0.1, 0.15) is 92.9 Å². The van der Waals surface area contributed by atoms with Crippen LogP contribution in [0.3, 0.4) is 0 Å². The van der Waals surface area contributed by atoms with Gasteiger partial charge in [0.25, 0.3) is 0 Å². The van der Waals surface area contributed by atoms with E-state index in [-0.39, 0.29) is 23.7 Å². The second-order valence-corrected chi connectivity index (χ2v) is 21.3. The van der Waals surface area contributed by atoms with Gasteiger partial charge in [-0.2, -0.15) is 15.0 Å². The summed E-state index contributed by atoms with van der Waals surface area (Å²) < 4.78 is 40.3. The molecule has 10 fully saturated rings. The minimum atomic E-state index is -0.848. The smallest absolute Gasteiger partial charge is 0.233 e. The number of fused-ring (bicyclic) bond motifs is 4. The van der Waals surface area contributed by atoms with Gasteiger partial charge in [0.05, 0.1) is 13.2 Å². The molecule has 4 bridgehead atoms. The lowest BCUT2D eigenvalue weighted by atomic mass is 9.58. The van der Waals surface area contributed by atoms with E-state index < -0.39 is 47.9 Å². The number of para-hydroxylation sites is 2. The van der Waals surface area contributed by atoms with Crippen molar-refractivity contribution in [1.29, 1.82) is 0 Å². The van der Waals surface area contributed by atoms with Gasteiger partial charge in [0.2, 0.25) is 29.4 Å². The van der Waals surface area contributed by atoms with Crippen LogP contribution < -0.4 is 16.0 Å². The summed E-state index contributed by atoms with van der Waals surface area (Å²) in [5.74, 6) is 1.65. The molecule has 0 radical (unpaired) electrons. The number of aromatic nitrogens is 3. The normalized spacial score (nSPS) is 41.3. The third-order valence-corrected chi connectivity index (χ3v) is 17.0. The third-order valence-electron chi connectivity index (χ3n) is 17.0. The Hall–Kier alpha value is -3.59. The molecule has 8 aliphatic heterocycles. The number of nitrogens with one attached hydrogen (secondary N) is 3. The highest BCUT2D eigenvalue weighted by atomic mass is 17.3. The van der Waals surface area contributed by atoms with Crippen molar-refractivity contribution in [2.75, 3.05) is 55.3 Å². The van der Waals surface area contributed by atoms with Crippen LogP contribution in [0, 0.1) is 47.3 Å². The molecule has 370 valence electrons. The summed E-state index contributed by atoms with van der Waals surface area (Å²) in [6, 6.07) is 19.7. The van der Waals surface area contributed by atoms with Gasteiger partial charge in [0.1, 0.15) is 0 Å². The quantitative estimate of drug-likeness (QED) is 0.117. The molecule has 17 heteroatoms. The average molecular weight is 942 g/mol. The first-order valence-electron chi connectivity index (χ1n) is 25.4. The van der Waals surface area contributed by atoms with E-state index in [1.165, 1.54) is 0 Å². The molecule has 2 aliphatic carbocycles. The lowest BCUT2D eigenvalue weighted by Crippen LogP contribution is -2.70. The second-order valence-electron chi connectivity index (χ2n) is 21.3. The summed E-state index contributed by atoms with van der Waals surface area (Å²) in [7, 11) is 0. The molecule has 17 nitrogen and oxygen atoms in total. The van der Waals surface area contributed by atoms with Gasteiger partial charge in [-0.05, 0) is 100 Å². The van der Waals surface area contributed by atoms with E-state index >= 15 is 0 Å². The van der Waals surface area contributed by atoms with E-state index in [0.29, 0.717) is 80.9 Å². The van der Waals surface area contributed by atoms with E-state index in [9.17, 15) is 0 Å². The number of hydrogen-bond donors (Lipinski definition) is 3. The number of anilines is 5. The molecule has 16 atom stereocenters. The van der Waals surface area contributed by atoms with E-state index in [4.69, 9.17) is 57.9 Å². The molecule has 1 aromatic heterocycles. The maximum Gasteiger partial charge on any atom is 0.233 e. The Balaban J connectivity index is 0.783. The first-order valence-corrected chi connectivity index (χ1v) is 25.4. The van der Waals surface area contributed by atoms with Crippen molar-refractivity contribution < 1.29 is 48.0 Å². The molecule has 9 heterocycles. The molecule has 0 amide bonds. The minimum Gasteiger partial charge on any atom is -0.353 e. The van der Waals surface area contributed by atoms with Gasteiger partial charge in [-0.3, -0.25) is 4.90 Å². The lowest BCUT2D eigenvalue weighted by molar-refractivity contribution is -0.577. The fraction of sp³-hybridized carbons (Fsp3) is 0.706. The summed E-state index contributed by atoms with van der Waals surface area (Å²) in [6.45, 7) is 16.3. The molecule has 0 unspecified atom stereocenters. The molecule has 3 N–H and O–H groups in total. The first kappa shape index (κ1) is 46.8. The highest BCUT2D eigenvalue weighted by Crippen LogP contribution is 2.62. The Labute approximate surface area is 400 Å². The van der Waals surface area contributed by atoms with Gasteiger partial charge in [-0.25, -0.2) is 19.6 Å². The first-order chi connectivity index (χ1) is 32.9. The zero-order valence-corrected chi connectivity index (χ0v) is 40.5. The highest BCUT2D eigenvalue weighted by molar-refractivity contribution is 5.59. The minimum absolute atomic E-state index is 0.0734. The van der Waals surface area contributed by atoms with Gasteiger partial charge < -0.3 is 44.4 Å². The van der Waals surface area contributed by atoms with Crippen molar-refractivity contribution in [1.82, 2.24) is 19.9 Å². The molecule has 8 saturated heterocycles. The number of ether oxygens (including phenoxy) is 6. The van der Waals surface area contributed by atoms with Crippen LogP contribution in [0.25, 0.3) is 0 Å². The Morgan fingerprint density at radius 3 is 1.49 bits per heavy atom. The van der Waals surface area contributed by atoms with Crippen LogP contribution in [0.4, 0.5) is 29.2 Å². The van der Waals surface area contributed by atoms with Crippen molar-refractivity contribution in [2.45, 2.75) is 141 Å². The van der Waals surface area contributed by atoms with Crippen molar-refractivity contribution in [2.24, 2.45) is 47.3 Å². The Morgan fingerprint density at radius 2 is 1.01 bits per heavy atom. The third kappa shape index (κ3) is 8.71. The number of hydrogen-bond acceptors (Lipinski definition) is 17. The van der Waals surface area contributed by atoms with Gasteiger partial charge in [0.15, 0.2) is 36.4 Å². The van der Waals surface area contributed by atoms with E-state index in [0.717, 1.165) is 62.7 Å². The van der Waals surface area contributed by atoms with Gasteiger partial charge in [-0.15, -0.1) is 0 Å². The highest BCUT2D eigenvalue weighted by Gasteiger charge is 2.71. The topological polar surface area (TPSA) is 170 Å². The fourth-order valence-corrected chi connectivity index (χ4v) is 13.3. The molecule has 2 saturated carbocycles. The van der Waals surface area contributed by atoms with E-state index in [1.54, 1.807) is 0 Å². The molecule has 10 aliphatic rings. The zero-order chi connectivity index (χ0) is 46.7. The lowest BCUT2D eigenvalue weighted by Gasteiger charge is -2.60. The van der Waals surface area contributed by atoms with Crippen LogP contribution in [0.5, 0.6) is 0 Å². The second kappa shape index (κ2) is 18.9. The number of rotatable bonds is 16. The van der Waals surface area contributed by atoms with Crippen LogP contribution in [0.2, 0.25) is 0 Å². The fourth-order valence-electron chi connectivity index (χ4n) is 13.3. The average Bonchev–Trinajstić information content (AvgIpc) is 3.71. The largest absolute Gasteiger partial charge is 0.353 e. The van der Waals surface area contributed by atoms with Crippen molar-refractivity contribution in [3.63, 3.8) is 0 Å². The van der Waals surface area contributed by atoms with Gasteiger partial charge in [0, 0.05) is 74.1 Å². The monoisotopic (exact) mass is 942 g/mol. The molecule has 2 spiro atoms. The molecule has 2 aromatic carbocycles. The number of benzene rings is 2. The molecule has 68 heavy (non-hydrogen) atoms. The maximum atomic E-state index is 6.79. The zero-order valence-electron chi connectivity index (χ0n) is 40.5. The summed E-state index contributed by atoms with van der Waals surface area (Å²) >= 11 is 0. The van der Waals surface area contributed by atoms with Crippen LogP contribution in [-0.4, -0.2) is 107 Å². The Morgan fingerprint density at radius 1 is 0.559 bits per heavy atom. The Bertz CT molecular complexity index is 2060. The van der Waals surface area contributed by atoms with Gasteiger partial charge >= 0.3 is 0 Å². The molecular formula is C51H71N7O10. The molecular weight excluding hydrogens is 871 g/mol. The standard InChI is InChI=1S/C51H71N7O10/c1-31-17-19-39-33(3)41(61-43-50(39)37(31)21-23-48(5,63-43)65-67-50)59-29-27-58(26-25-52-45-55-46(53-35-13-9-7-10-14-35)57-47(56-45)54-36-15-11-8-12-16-36)28-30-60-42-34(4)40-20-18-32(2)38-22-24-49(6)64-44(62-42)51(38,40)68-66-49/h7-16,31-34,37-44H,17-30H2,1-6H3,(H3,52,53,54,55,56,57)/t31-,32-,33-,34-,37+,38+,39+,40+,41+,42+,43-,44-,48-,49-,50-,51-/m1/s1. The van der Waals surface area contributed by atoms with Crippen LogP contribution in [-0.2, 0) is 48.0 Å². The summed E-state index contributed by atoms with van der Waals surface area (Å²) in [5, 5.41) is 10.2. The summed E-state index contributed by atoms with van der Waals surface area (Å²) in [5.41, 5.74) is 0.460. The van der Waals surface area contributed by atoms with E-state index in [1.807, 2.05) is 74.5 Å². The van der Waals surface area contributed by atoms with Crippen molar-refractivity contribution in [3.05, 3.63) is 60.7 Å². The van der Waals surface area contributed by atoms with E-state index in [2.05, 4.69) is 53.5 Å². The number of nitrogens with zero attached hydrogens (tertiary/aromatic N) is 4. The SMILES string of the molecule is C[C@H]1[C@@H](OCCN(CCNc2nc(Nc3ccccc3)nc(Nc3ccccc3)n2)CCO[C@H]2O[C@@H]3O[C@@]4(C)CC[C@H]5[C@H](C)CC[C@@H]([C@H]2C)[C@@]35OO4)O[C@@H]2O[C@@]3(C)CC[C@H]4[C@H](C)CC[C@@H]1[C@@]24OO3.